The third-order valence-corrected chi connectivity index (χ3v) is 7.81. The molecule has 0 bridgehead atoms. The Morgan fingerprint density at radius 2 is 1.36 bits per heavy atom. The second-order valence-corrected chi connectivity index (χ2v) is 11.0. The molecule has 0 radical (unpaired) electrons. The van der Waals surface area contributed by atoms with E-state index in [-0.39, 0.29) is 25.0 Å². The molecule has 14 nitrogen and oxygen atoms in total. The highest BCUT2D eigenvalue weighted by atomic mass is 16.7. The maximum atomic E-state index is 13.9. The van der Waals surface area contributed by atoms with E-state index in [1.165, 1.54) is 14.0 Å². The summed E-state index contributed by atoms with van der Waals surface area (Å²) in [6.07, 6.45) is -8.15. The lowest BCUT2D eigenvalue weighted by Gasteiger charge is -2.46. The number of ketones is 1. The van der Waals surface area contributed by atoms with E-state index in [4.69, 9.17) is 28.4 Å². The molecule has 1 saturated carbocycles. The summed E-state index contributed by atoms with van der Waals surface area (Å²) in [4.78, 5) is 89.9. The van der Waals surface area contributed by atoms with Gasteiger partial charge < -0.3 is 28.4 Å². The van der Waals surface area contributed by atoms with Crippen molar-refractivity contribution in [1.82, 2.24) is 0 Å². The second kappa shape index (κ2) is 13.6. The quantitative estimate of drug-likeness (QED) is 0.220. The number of para-hydroxylation sites is 1. The minimum Gasteiger partial charge on any atom is -0.469 e. The minimum absolute atomic E-state index is 0.0955. The van der Waals surface area contributed by atoms with E-state index in [2.05, 4.69) is 0 Å². The molecular formula is C30H35NO13. The standard InChI is InChI=1S/C30H35NO13/c1-14(32)13-21-24(40-15(2)33)25(41-16(3)34)26(42-17(4)35)30(44-21)43-20-12-11-19(29(38)39-5)22-23(20)28(37)31(27(22)36)18-9-7-6-8-10-18/h6-10,19-26,30H,11-13H2,1-5H3/t19-,20+,21-,22-,23+,24-,25+,26-,30-/m1/s1. The van der Waals surface area contributed by atoms with Gasteiger partial charge in [-0.15, -0.1) is 0 Å². The Hall–Kier alpha value is -4.17. The van der Waals surface area contributed by atoms with Gasteiger partial charge in [-0.1, -0.05) is 18.2 Å². The minimum atomic E-state index is -1.53. The number of esters is 4. The molecule has 2 saturated heterocycles. The van der Waals surface area contributed by atoms with Crippen LogP contribution in [0, 0.1) is 17.8 Å². The summed E-state index contributed by atoms with van der Waals surface area (Å²) in [6, 6.07) is 8.21. The number of amides is 2. The molecule has 2 amide bonds. The predicted octanol–water partition coefficient (Wildman–Crippen LogP) is 1.26. The molecule has 0 unspecified atom stereocenters. The van der Waals surface area contributed by atoms with Crippen LogP contribution >= 0.6 is 0 Å². The number of carbonyl (C=O) groups is 7. The van der Waals surface area contributed by atoms with E-state index in [1.807, 2.05) is 0 Å². The van der Waals surface area contributed by atoms with Gasteiger partial charge in [0.05, 0.1) is 36.7 Å². The van der Waals surface area contributed by atoms with Crippen LogP contribution in [0.1, 0.15) is 47.0 Å². The number of anilines is 1. The SMILES string of the molecule is COC(=O)[C@@H]1CC[C@H](O[C@@H]2O[C@H](CC(C)=O)[C@@H](OC(C)=O)[C@H](OC(C)=O)[C@H]2OC(C)=O)[C@@H]2C(=O)N(c3ccccc3)C(=O)[C@@H]21. The highest BCUT2D eigenvalue weighted by molar-refractivity contribution is 6.23. The number of rotatable bonds is 9. The van der Waals surface area contributed by atoms with Crippen LogP contribution in [0.4, 0.5) is 5.69 Å². The molecule has 1 aromatic carbocycles. The Balaban J connectivity index is 1.74. The van der Waals surface area contributed by atoms with Crippen molar-refractivity contribution >= 4 is 47.2 Å². The summed E-state index contributed by atoms with van der Waals surface area (Å²) >= 11 is 0. The zero-order chi connectivity index (χ0) is 32.3. The number of methoxy groups -OCH3 is 1. The van der Waals surface area contributed by atoms with Gasteiger partial charge in [0.2, 0.25) is 11.8 Å². The fraction of sp³-hybridized carbons (Fsp3) is 0.567. The number of hydrogen-bond donors (Lipinski definition) is 0. The first-order valence-electron chi connectivity index (χ1n) is 14.2. The molecule has 1 aromatic rings. The second-order valence-electron chi connectivity index (χ2n) is 11.0. The van der Waals surface area contributed by atoms with Gasteiger partial charge in [-0.05, 0) is 31.9 Å². The van der Waals surface area contributed by atoms with Gasteiger partial charge in [0.15, 0.2) is 24.6 Å². The largest absolute Gasteiger partial charge is 0.469 e. The van der Waals surface area contributed by atoms with Gasteiger partial charge in [0.25, 0.3) is 0 Å². The van der Waals surface area contributed by atoms with E-state index < -0.39 is 90.3 Å². The number of fused-ring (bicyclic) bond motifs is 1. The van der Waals surface area contributed by atoms with Gasteiger partial charge >= 0.3 is 23.9 Å². The third-order valence-electron chi connectivity index (χ3n) is 7.81. The molecule has 3 fully saturated rings. The first-order chi connectivity index (χ1) is 20.8. The average Bonchev–Trinajstić information content (AvgIpc) is 3.22. The maximum Gasteiger partial charge on any atom is 0.309 e. The predicted molar refractivity (Wildman–Crippen MR) is 146 cm³/mol. The molecule has 2 heterocycles. The summed E-state index contributed by atoms with van der Waals surface area (Å²) in [7, 11) is 1.19. The van der Waals surface area contributed by atoms with E-state index in [1.54, 1.807) is 30.3 Å². The van der Waals surface area contributed by atoms with E-state index in [0.29, 0.717) is 5.69 Å². The zero-order valence-corrected chi connectivity index (χ0v) is 25.0. The fourth-order valence-electron chi connectivity index (χ4n) is 6.21. The topological polar surface area (TPSA) is 178 Å². The summed E-state index contributed by atoms with van der Waals surface area (Å²) in [6.45, 7) is 4.59. The summed E-state index contributed by atoms with van der Waals surface area (Å²) < 4.78 is 33.6. The van der Waals surface area contributed by atoms with Crippen LogP contribution in [0.25, 0.3) is 0 Å². The number of hydrogen-bond acceptors (Lipinski definition) is 13. The van der Waals surface area contributed by atoms with Crippen molar-refractivity contribution < 1.29 is 62.0 Å². The molecule has 14 heteroatoms. The lowest BCUT2D eigenvalue weighted by Crippen LogP contribution is -2.63. The van der Waals surface area contributed by atoms with E-state index in [0.717, 1.165) is 25.7 Å². The molecule has 1 aliphatic carbocycles. The third kappa shape index (κ3) is 6.81. The highest BCUT2D eigenvalue weighted by Gasteiger charge is 2.61. The number of nitrogens with zero attached hydrogens (tertiary/aromatic N) is 1. The number of imide groups is 1. The average molecular weight is 618 g/mol. The van der Waals surface area contributed by atoms with Crippen molar-refractivity contribution in [2.75, 3.05) is 12.0 Å². The van der Waals surface area contributed by atoms with Crippen LogP contribution in [-0.2, 0) is 62.0 Å². The van der Waals surface area contributed by atoms with Crippen molar-refractivity contribution in [3.05, 3.63) is 30.3 Å². The van der Waals surface area contributed by atoms with Gasteiger partial charge in [-0.25, -0.2) is 4.90 Å². The van der Waals surface area contributed by atoms with Crippen LogP contribution in [0.2, 0.25) is 0 Å². The fourth-order valence-corrected chi connectivity index (χ4v) is 6.21. The molecule has 44 heavy (non-hydrogen) atoms. The van der Waals surface area contributed by atoms with Crippen molar-refractivity contribution in [1.29, 1.82) is 0 Å². The van der Waals surface area contributed by atoms with E-state index >= 15 is 0 Å². The number of benzene rings is 1. The first kappa shape index (κ1) is 32.7. The maximum absolute atomic E-state index is 13.9. The lowest BCUT2D eigenvalue weighted by atomic mass is 9.71. The number of ether oxygens (including phenoxy) is 6. The Morgan fingerprint density at radius 3 is 1.93 bits per heavy atom. The molecule has 4 rings (SSSR count). The monoisotopic (exact) mass is 617 g/mol. The van der Waals surface area contributed by atoms with Gasteiger partial charge in [0.1, 0.15) is 11.9 Å². The lowest BCUT2D eigenvalue weighted by molar-refractivity contribution is -0.317. The van der Waals surface area contributed by atoms with Crippen molar-refractivity contribution in [3.63, 3.8) is 0 Å². The first-order valence-corrected chi connectivity index (χ1v) is 14.2. The Morgan fingerprint density at radius 1 is 0.795 bits per heavy atom. The Bertz CT molecular complexity index is 1310. The van der Waals surface area contributed by atoms with Gasteiger partial charge in [0, 0.05) is 27.2 Å². The molecule has 0 aromatic heterocycles. The number of carbonyl (C=O) groups excluding carboxylic acids is 7. The molecule has 9 atom stereocenters. The van der Waals surface area contributed by atoms with E-state index in [9.17, 15) is 33.6 Å². The van der Waals surface area contributed by atoms with Crippen molar-refractivity contribution in [3.8, 4) is 0 Å². The van der Waals surface area contributed by atoms with Gasteiger partial charge in [-0.2, -0.15) is 0 Å². The van der Waals surface area contributed by atoms with Crippen LogP contribution < -0.4 is 4.90 Å². The Labute approximate surface area is 253 Å². The summed E-state index contributed by atoms with van der Waals surface area (Å²) in [5, 5.41) is 0. The molecule has 0 N–H and O–H groups in total. The van der Waals surface area contributed by atoms with Crippen LogP contribution in [0.3, 0.4) is 0 Å². The van der Waals surface area contributed by atoms with Crippen LogP contribution in [0.15, 0.2) is 30.3 Å². The molecule has 3 aliphatic rings. The summed E-state index contributed by atoms with van der Waals surface area (Å²) in [5.74, 6) is -7.83. The van der Waals surface area contributed by atoms with Crippen molar-refractivity contribution in [2.45, 2.75) is 83.8 Å². The van der Waals surface area contributed by atoms with Crippen LogP contribution in [0.5, 0.6) is 0 Å². The number of Topliss-reactive ketones (excluding diaryl/α,β-unsaturated/α-hetero) is 1. The normalized spacial score (nSPS) is 31.5. The van der Waals surface area contributed by atoms with Crippen LogP contribution in [-0.4, -0.2) is 85.4 Å². The molecular weight excluding hydrogens is 582 g/mol. The van der Waals surface area contributed by atoms with Crippen molar-refractivity contribution in [2.24, 2.45) is 17.8 Å². The molecule has 238 valence electrons. The molecule has 0 spiro atoms. The Kier molecular flexibility index (Phi) is 10.1. The zero-order valence-electron chi connectivity index (χ0n) is 25.0. The molecule has 2 aliphatic heterocycles. The smallest absolute Gasteiger partial charge is 0.309 e. The van der Waals surface area contributed by atoms with Gasteiger partial charge in [-0.3, -0.25) is 33.6 Å². The highest BCUT2D eigenvalue weighted by Crippen LogP contribution is 2.46. The summed E-state index contributed by atoms with van der Waals surface area (Å²) in [5.41, 5.74) is 0.312.